The molecule has 0 saturated carbocycles. The van der Waals surface area contributed by atoms with Crippen LogP contribution in [0.2, 0.25) is 0 Å². The molecular formula is C22H15F3N6O4. The summed E-state index contributed by atoms with van der Waals surface area (Å²) in [4.78, 5) is 41.8. The van der Waals surface area contributed by atoms with Crippen LogP contribution in [0, 0.1) is 10.1 Å². The Morgan fingerprint density at radius 1 is 0.971 bits per heavy atom. The quantitative estimate of drug-likeness (QED) is 0.226. The summed E-state index contributed by atoms with van der Waals surface area (Å²) in [6.45, 7) is 0. The summed E-state index contributed by atoms with van der Waals surface area (Å²) in [6.07, 6.45) is -3.51. The fourth-order valence-corrected chi connectivity index (χ4v) is 3.32. The number of aromatic nitrogens is 2. The lowest BCUT2D eigenvalue weighted by Crippen LogP contribution is -2.20. The maximum atomic E-state index is 12.9. The number of hydrogen-bond donors (Lipinski definition) is 4. The highest BCUT2D eigenvalue weighted by atomic mass is 19.4. The van der Waals surface area contributed by atoms with E-state index >= 15 is 0 Å². The number of nitro benzene ring substituents is 1. The molecule has 0 atom stereocenters. The normalized spacial score (nSPS) is 11.2. The van der Waals surface area contributed by atoms with Crippen LogP contribution in [-0.4, -0.2) is 20.9 Å². The predicted octanol–water partition coefficient (Wildman–Crippen LogP) is 5.24. The minimum Gasteiger partial charge on any atom is -0.353 e. The van der Waals surface area contributed by atoms with Crippen LogP contribution in [-0.2, 0) is 6.18 Å². The van der Waals surface area contributed by atoms with E-state index < -0.39 is 28.3 Å². The standard InChI is InChI=1S/C22H15F3N6O4/c23-22(24,25)12-4-3-5-13(10-12)28-21(33)30-15-7-2-1-6-14(15)29-16-8-9-17(31(34)35)19-18(16)20(32)27-11-26-19/h1-11,29H,(H,26,27,32)(H2,28,30,33). The fourth-order valence-electron chi connectivity index (χ4n) is 3.32. The molecule has 0 aliphatic rings. The van der Waals surface area contributed by atoms with Gasteiger partial charge in [-0.2, -0.15) is 13.2 Å². The van der Waals surface area contributed by atoms with Gasteiger partial charge in [0.2, 0.25) is 0 Å². The second-order valence-electron chi connectivity index (χ2n) is 7.17. The summed E-state index contributed by atoms with van der Waals surface area (Å²) in [5, 5.41) is 19.1. The molecule has 4 N–H and O–H groups in total. The van der Waals surface area contributed by atoms with E-state index in [0.717, 1.165) is 18.5 Å². The average molecular weight is 484 g/mol. The highest BCUT2D eigenvalue weighted by molar-refractivity contribution is 6.03. The molecule has 0 bridgehead atoms. The van der Waals surface area contributed by atoms with Crippen LogP contribution in [0.5, 0.6) is 0 Å². The first-order valence-electron chi connectivity index (χ1n) is 9.89. The summed E-state index contributed by atoms with van der Waals surface area (Å²) in [7, 11) is 0. The number of nitrogens with one attached hydrogen (secondary N) is 4. The molecule has 1 aromatic heterocycles. The minimum absolute atomic E-state index is 0.0649. The Morgan fingerprint density at radius 3 is 2.43 bits per heavy atom. The van der Waals surface area contributed by atoms with E-state index in [0.29, 0.717) is 5.69 Å². The molecule has 0 spiro atoms. The molecule has 4 aromatic rings. The number of alkyl halides is 3. The maximum Gasteiger partial charge on any atom is 0.416 e. The number of aromatic amines is 1. The predicted molar refractivity (Wildman–Crippen MR) is 123 cm³/mol. The Bertz CT molecular complexity index is 1500. The molecule has 1 heterocycles. The van der Waals surface area contributed by atoms with Crippen LogP contribution < -0.4 is 21.5 Å². The number of urea groups is 1. The third-order valence-electron chi connectivity index (χ3n) is 4.86. The van der Waals surface area contributed by atoms with Gasteiger partial charge in [-0.05, 0) is 36.4 Å². The zero-order chi connectivity index (χ0) is 25.2. The van der Waals surface area contributed by atoms with Crippen LogP contribution in [0.25, 0.3) is 10.9 Å². The summed E-state index contributed by atoms with van der Waals surface area (Å²) < 4.78 is 38.8. The van der Waals surface area contributed by atoms with E-state index in [9.17, 15) is 32.9 Å². The van der Waals surface area contributed by atoms with Gasteiger partial charge < -0.3 is 20.9 Å². The van der Waals surface area contributed by atoms with Crippen molar-refractivity contribution in [1.29, 1.82) is 0 Å². The fraction of sp³-hybridized carbons (Fsp3) is 0.0455. The number of nitro groups is 1. The second kappa shape index (κ2) is 9.13. The summed E-state index contributed by atoms with van der Waals surface area (Å²) >= 11 is 0. The van der Waals surface area contributed by atoms with E-state index in [-0.39, 0.29) is 33.7 Å². The highest BCUT2D eigenvalue weighted by Gasteiger charge is 2.30. The molecular weight excluding hydrogens is 469 g/mol. The van der Waals surface area contributed by atoms with Gasteiger partial charge >= 0.3 is 12.2 Å². The van der Waals surface area contributed by atoms with Gasteiger partial charge in [0.1, 0.15) is 0 Å². The van der Waals surface area contributed by atoms with Crippen LogP contribution in [0.3, 0.4) is 0 Å². The van der Waals surface area contributed by atoms with Gasteiger partial charge in [0.15, 0.2) is 5.52 Å². The van der Waals surface area contributed by atoms with Crippen molar-refractivity contribution in [3.63, 3.8) is 0 Å². The number of para-hydroxylation sites is 2. The minimum atomic E-state index is -4.56. The molecule has 4 rings (SSSR count). The van der Waals surface area contributed by atoms with E-state index in [4.69, 9.17) is 0 Å². The van der Waals surface area contributed by atoms with Crippen molar-refractivity contribution >= 4 is 45.4 Å². The summed E-state index contributed by atoms with van der Waals surface area (Å²) in [6, 6.07) is 12.2. The van der Waals surface area contributed by atoms with Gasteiger partial charge in [-0.1, -0.05) is 18.2 Å². The number of carbonyl (C=O) groups excluding carboxylic acids is 1. The van der Waals surface area contributed by atoms with Crippen molar-refractivity contribution in [3.05, 3.63) is 93.0 Å². The Morgan fingerprint density at radius 2 is 1.71 bits per heavy atom. The van der Waals surface area contributed by atoms with Gasteiger partial charge in [0.25, 0.3) is 11.2 Å². The Hall–Kier alpha value is -4.94. The molecule has 13 heteroatoms. The largest absolute Gasteiger partial charge is 0.416 e. The molecule has 10 nitrogen and oxygen atoms in total. The third-order valence-corrected chi connectivity index (χ3v) is 4.86. The third kappa shape index (κ3) is 5.03. The van der Waals surface area contributed by atoms with Gasteiger partial charge in [-0.15, -0.1) is 0 Å². The van der Waals surface area contributed by atoms with Gasteiger partial charge in [-0.25, -0.2) is 9.78 Å². The van der Waals surface area contributed by atoms with Crippen molar-refractivity contribution in [2.75, 3.05) is 16.0 Å². The van der Waals surface area contributed by atoms with Crippen molar-refractivity contribution in [3.8, 4) is 0 Å². The highest BCUT2D eigenvalue weighted by Crippen LogP contribution is 2.33. The summed E-state index contributed by atoms with van der Waals surface area (Å²) in [5.41, 5.74) is -1.36. The van der Waals surface area contributed by atoms with Crippen molar-refractivity contribution in [2.24, 2.45) is 0 Å². The number of hydrogen-bond acceptors (Lipinski definition) is 6. The lowest BCUT2D eigenvalue weighted by atomic mass is 10.1. The van der Waals surface area contributed by atoms with Crippen molar-refractivity contribution in [2.45, 2.75) is 6.18 Å². The topological polar surface area (TPSA) is 142 Å². The average Bonchev–Trinajstić information content (AvgIpc) is 2.80. The first-order chi connectivity index (χ1) is 16.6. The Labute approximate surface area is 194 Å². The number of halogens is 3. The van der Waals surface area contributed by atoms with Crippen molar-refractivity contribution in [1.82, 2.24) is 9.97 Å². The van der Waals surface area contributed by atoms with Crippen LogP contribution in [0.4, 0.5) is 46.4 Å². The monoisotopic (exact) mass is 484 g/mol. The van der Waals surface area contributed by atoms with E-state index in [1.807, 2.05) is 0 Å². The van der Waals surface area contributed by atoms with E-state index in [1.54, 1.807) is 18.2 Å². The first kappa shape index (κ1) is 23.2. The smallest absolute Gasteiger partial charge is 0.353 e. The maximum absolute atomic E-state index is 12.9. The number of carbonyl (C=O) groups is 1. The number of H-pyrrole nitrogens is 1. The van der Waals surface area contributed by atoms with Gasteiger partial charge in [0, 0.05) is 11.8 Å². The molecule has 0 unspecified atom stereocenters. The number of nitrogens with zero attached hydrogens (tertiary/aromatic N) is 2. The number of rotatable bonds is 5. The molecule has 0 aliphatic carbocycles. The molecule has 2 amide bonds. The van der Waals surface area contributed by atoms with E-state index in [1.165, 1.54) is 30.3 Å². The molecule has 0 radical (unpaired) electrons. The molecule has 35 heavy (non-hydrogen) atoms. The number of amides is 2. The molecule has 3 aromatic carbocycles. The Balaban J connectivity index is 1.61. The van der Waals surface area contributed by atoms with Crippen LogP contribution in [0.15, 0.2) is 71.8 Å². The van der Waals surface area contributed by atoms with Gasteiger partial charge in [-0.3, -0.25) is 14.9 Å². The van der Waals surface area contributed by atoms with Crippen LogP contribution in [0.1, 0.15) is 5.56 Å². The lowest BCUT2D eigenvalue weighted by Gasteiger charge is -2.15. The van der Waals surface area contributed by atoms with Gasteiger partial charge in [0.05, 0.1) is 39.3 Å². The van der Waals surface area contributed by atoms with Crippen molar-refractivity contribution < 1.29 is 22.9 Å². The zero-order valence-corrected chi connectivity index (χ0v) is 17.5. The van der Waals surface area contributed by atoms with Crippen LogP contribution >= 0.6 is 0 Å². The number of benzene rings is 3. The molecule has 178 valence electrons. The molecule has 0 fully saturated rings. The number of fused-ring (bicyclic) bond motifs is 1. The second-order valence-corrected chi connectivity index (χ2v) is 7.17. The first-order valence-corrected chi connectivity index (χ1v) is 9.89. The molecule has 0 saturated heterocycles. The zero-order valence-electron chi connectivity index (χ0n) is 17.5. The Kier molecular flexibility index (Phi) is 6.06. The number of anilines is 4. The number of non-ortho nitro benzene ring substituents is 1. The summed E-state index contributed by atoms with van der Waals surface area (Å²) in [5.74, 6) is 0. The SMILES string of the molecule is O=C(Nc1cccc(C(F)(F)F)c1)Nc1ccccc1Nc1ccc([N+](=O)[O-])c2nc[nH]c(=O)c12. The van der Waals surface area contributed by atoms with E-state index in [2.05, 4.69) is 25.9 Å². The molecule has 0 aliphatic heterocycles. The lowest BCUT2D eigenvalue weighted by molar-refractivity contribution is -0.383.